The van der Waals surface area contributed by atoms with Gasteiger partial charge in [0.1, 0.15) is 18.4 Å². The number of carbonyl (C=O) groups excluding carboxylic acids is 1. The summed E-state index contributed by atoms with van der Waals surface area (Å²) in [7, 11) is -3.98. The van der Waals surface area contributed by atoms with E-state index in [1.54, 1.807) is 0 Å². The van der Waals surface area contributed by atoms with Crippen LogP contribution in [0.3, 0.4) is 0 Å². The number of amides is 1. The molecule has 9 heteroatoms. The molecular formula is C13H16N2O6S. The standard InChI is InChI=1S/C13H16N2O6S/c1-9(2)15-7-11(21-13(15)16)8-20-22(18,19)12-5-3-10(14-17)4-6-12/h3-6,9,11H,7-8H2,1-2H3/t11-/m0/s1. The molecule has 0 aliphatic carbocycles. The molecule has 0 saturated carbocycles. The van der Waals surface area contributed by atoms with Gasteiger partial charge in [0.2, 0.25) is 0 Å². The maximum absolute atomic E-state index is 12.0. The highest BCUT2D eigenvalue weighted by Gasteiger charge is 2.34. The number of benzene rings is 1. The zero-order valence-electron chi connectivity index (χ0n) is 12.1. The van der Waals surface area contributed by atoms with E-state index in [0.717, 1.165) is 0 Å². The van der Waals surface area contributed by atoms with Gasteiger partial charge in [-0.15, -0.1) is 4.91 Å². The van der Waals surface area contributed by atoms with Crippen LogP contribution >= 0.6 is 0 Å². The van der Waals surface area contributed by atoms with Crippen molar-refractivity contribution in [2.75, 3.05) is 13.2 Å². The van der Waals surface area contributed by atoms with Gasteiger partial charge in [0.15, 0.2) is 0 Å². The van der Waals surface area contributed by atoms with Crippen molar-refractivity contribution in [3.05, 3.63) is 29.2 Å². The van der Waals surface area contributed by atoms with Gasteiger partial charge >= 0.3 is 6.09 Å². The summed E-state index contributed by atoms with van der Waals surface area (Å²) in [4.78, 5) is 23.2. The molecule has 0 radical (unpaired) electrons. The highest BCUT2D eigenvalue weighted by atomic mass is 32.2. The molecule has 1 aliphatic rings. The molecular weight excluding hydrogens is 312 g/mol. The average Bonchev–Trinajstić information content (AvgIpc) is 2.87. The van der Waals surface area contributed by atoms with E-state index >= 15 is 0 Å². The second-order valence-electron chi connectivity index (χ2n) is 5.08. The van der Waals surface area contributed by atoms with Crippen LogP contribution in [-0.4, -0.2) is 44.7 Å². The normalized spacial score (nSPS) is 18.6. The van der Waals surface area contributed by atoms with Crippen molar-refractivity contribution >= 4 is 21.9 Å². The molecule has 1 amide bonds. The summed E-state index contributed by atoms with van der Waals surface area (Å²) in [5.41, 5.74) is 0.122. The first-order valence-corrected chi connectivity index (χ1v) is 8.04. The second-order valence-corrected chi connectivity index (χ2v) is 6.69. The van der Waals surface area contributed by atoms with E-state index in [1.165, 1.54) is 29.2 Å². The highest BCUT2D eigenvalue weighted by Crippen LogP contribution is 2.20. The van der Waals surface area contributed by atoms with E-state index in [9.17, 15) is 18.1 Å². The van der Waals surface area contributed by atoms with E-state index in [0.29, 0.717) is 0 Å². The van der Waals surface area contributed by atoms with Gasteiger partial charge in [-0.1, -0.05) is 0 Å². The molecule has 1 atom stereocenters. The van der Waals surface area contributed by atoms with Crippen molar-refractivity contribution in [1.29, 1.82) is 0 Å². The van der Waals surface area contributed by atoms with Crippen molar-refractivity contribution < 1.29 is 22.1 Å². The maximum atomic E-state index is 12.0. The molecule has 1 aromatic carbocycles. The fraction of sp³-hybridized carbons (Fsp3) is 0.462. The Balaban J connectivity index is 1.98. The smallest absolute Gasteiger partial charge is 0.410 e. The number of hydrogen-bond donors (Lipinski definition) is 0. The van der Waals surface area contributed by atoms with Crippen LogP contribution in [0.1, 0.15) is 13.8 Å². The van der Waals surface area contributed by atoms with E-state index in [1.807, 2.05) is 13.8 Å². The van der Waals surface area contributed by atoms with Crippen LogP contribution in [0.15, 0.2) is 34.3 Å². The minimum Gasteiger partial charge on any atom is -0.442 e. The van der Waals surface area contributed by atoms with E-state index in [4.69, 9.17) is 8.92 Å². The lowest BCUT2D eigenvalue weighted by molar-refractivity contribution is 0.104. The van der Waals surface area contributed by atoms with Gasteiger partial charge < -0.3 is 9.64 Å². The first-order chi connectivity index (χ1) is 10.3. The van der Waals surface area contributed by atoms with Crippen LogP contribution in [0.5, 0.6) is 0 Å². The van der Waals surface area contributed by atoms with Gasteiger partial charge in [-0.2, -0.15) is 8.42 Å². The molecule has 22 heavy (non-hydrogen) atoms. The van der Waals surface area contributed by atoms with Crippen LogP contribution in [0.4, 0.5) is 10.5 Å². The molecule has 1 aliphatic heterocycles. The summed E-state index contributed by atoms with van der Waals surface area (Å²) in [6.07, 6.45) is -1.12. The maximum Gasteiger partial charge on any atom is 0.410 e. The summed E-state index contributed by atoms with van der Waals surface area (Å²) < 4.78 is 34.0. The number of rotatable bonds is 6. The minimum absolute atomic E-state index is 0.0301. The lowest BCUT2D eigenvalue weighted by Crippen LogP contribution is -2.32. The lowest BCUT2D eigenvalue weighted by Gasteiger charge is -2.16. The summed E-state index contributed by atoms with van der Waals surface area (Å²) >= 11 is 0. The first kappa shape index (κ1) is 16.4. The highest BCUT2D eigenvalue weighted by molar-refractivity contribution is 7.86. The molecule has 0 N–H and O–H groups in total. The largest absolute Gasteiger partial charge is 0.442 e. The molecule has 0 unspecified atom stereocenters. The Morgan fingerprint density at radius 2 is 2.00 bits per heavy atom. The Labute approximate surface area is 128 Å². The monoisotopic (exact) mass is 328 g/mol. The number of cyclic esters (lactones) is 1. The summed E-state index contributed by atoms with van der Waals surface area (Å²) in [6.45, 7) is 3.69. The van der Waals surface area contributed by atoms with Crippen molar-refractivity contribution in [1.82, 2.24) is 4.90 Å². The molecule has 1 fully saturated rings. The Kier molecular flexibility index (Phi) is 4.77. The van der Waals surface area contributed by atoms with Gasteiger partial charge in [-0.3, -0.25) is 4.18 Å². The van der Waals surface area contributed by atoms with Crippen LogP contribution in [0, 0.1) is 4.91 Å². The molecule has 8 nitrogen and oxygen atoms in total. The molecule has 0 aromatic heterocycles. The third kappa shape index (κ3) is 3.60. The van der Waals surface area contributed by atoms with Gasteiger partial charge in [0, 0.05) is 6.04 Å². The van der Waals surface area contributed by atoms with Crippen molar-refractivity contribution in [3.8, 4) is 0 Å². The van der Waals surface area contributed by atoms with E-state index < -0.39 is 22.3 Å². The molecule has 1 heterocycles. The fourth-order valence-corrected chi connectivity index (χ4v) is 2.89. The quantitative estimate of drug-likeness (QED) is 0.584. The van der Waals surface area contributed by atoms with Crippen molar-refractivity contribution in [2.45, 2.75) is 30.9 Å². The summed E-state index contributed by atoms with van der Waals surface area (Å²) in [5, 5.41) is 2.69. The van der Waals surface area contributed by atoms with Crippen LogP contribution in [0.25, 0.3) is 0 Å². The van der Waals surface area contributed by atoms with Gasteiger partial charge in [0.05, 0.1) is 11.4 Å². The summed E-state index contributed by atoms with van der Waals surface area (Å²) in [6, 6.07) is 4.98. The van der Waals surface area contributed by atoms with Crippen LogP contribution in [-0.2, 0) is 19.0 Å². The Morgan fingerprint density at radius 1 is 1.36 bits per heavy atom. The van der Waals surface area contributed by atoms with E-state index in [-0.39, 0.29) is 29.8 Å². The Morgan fingerprint density at radius 3 is 2.50 bits per heavy atom. The zero-order valence-corrected chi connectivity index (χ0v) is 12.9. The number of carbonyl (C=O) groups is 1. The third-order valence-corrected chi connectivity index (χ3v) is 4.46. The van der Waals surface area contributed by atoms with E-state index in [2.05, 4.69) is 5.18 Å². The predicted octanol–water partition coefficient (Wildman–Crippen LogP) is 2.02. The number of nitrogens with zero attached hydrogens (tertiary/aromatic N) is 2. The zero-order chi connectivity index (χ0) is 16.3. The van der Waals surface area contributed by atoms with Gasteiger partial charge in [-0.05, 0) is 43.3 Å². The minimum atomic E-state index is -3.98. The predicted molar refractivity (Wildman–Crippen MR) is 77.1 cm³/mol. The van der Waals surface area contributed by atoms with Crippen molar-refractivity contribution in [3.63, 3.8) is 0 Å². The molecule has 0 spiro atoms. The number of nitroso groups, excluding NO2 is 1. The SMILES string of the molecule is CC(C)N1C[C@@H](COS(=O)(=O)c2ccc(N=O)cc2)OC1=O. The Hall–Kier alpha value is -2.00. The number of hydrogen-bond acceptors (Lipinski definition) is 7. The third-order valence-electron chi connectivity index (χ3n) is 3.17. The molecule has 1 saturated heterocycles. The van der Waals surface area contributed by atoms with Crippen LogP contribution in [0.2, 0.25) is 0 Å². The van der Waals surface area contributed by atoms with Crippen LogP contribution < -0.4 is 0 Å². The molecule has 2 rings (SSSR count). The summed E-state index contributed by atoms with van der Waals surface area (Å²) in [5.74, 6) is 0. The van der Waals surface area contributed by atoms with Crippen molar-refractivity contribution in [2.24, 2.45) is 5.18 Å². The van der Waals surface area contributed by atoms with Gasteiger partial charge in [-0.25, -0.2) is 4.79 Å². The molecule has 120 valence electrons. The Bertz CT molecular complexity index is 656. The lowest BCUT2D eigenvalue weighted by atomic mass is 10.3. The topological polar surface area (TPSA) is 102 Å². The molecule has 1 aromatic rings. The fourth-order valence-electron chi connectivity index (χ4n) is 1.96. The first-order valence-electron chi connectivity index (χ1n) is 6.63. The second kappa shape index (κ2) is 6.41. The van der Waals surface area contributed by atoms with Gasteiger partial charge in [0.25, 0.3) is 10.1 Å². The number of ether oxygens (including phenoxy) is 1. The molecule has 0 bridgehead atoms. The average molecular weight is 328 g/mol.